The number of urea groups is 1. The Kier molecular flexibility index (Phi) is 6.67. The number of aryl methyl sites for hydroxylation is 1. The summed E-state index contributed by atoms with van der Waals surface area (Å²) in [4.78, 5) is 14.5. The second-order valence-corrected chi connectivity index (χ2v) is 7.28. The highest BCUT2D eigenvalue weighted by Gasteiger charge is 2.21. The van der Waals surface area contributed by atoms with E-state index >= 15 is 0 Å². The molecule has 0 aliphatic heterocycles. The predicted molar refractivity (Wildman–Crippen MR) is 111 cm³/mol. The third kappa shape index (κ3) is 5.25. The van der Waals surface area contributed by atoms with E-state index in [0.717, 1.165) is 18.8 Å². The van der Waals surface area contributed by atoms with Gasteiger partial charge in [-0.05, 0) is 50.6 Å². The van der Waals surface area contributed by atoms with Gasteiger partial charge >= 0.3 is 6.03 Å². The SMILES string of the molecule is CCN(CC)c1ccc(NC(=O)NCC(C)(C)c2ccc(C)cc2)cc1. The molecular weight excluding hydrogens is 322 g/mol. The largest absolute Gasteiger partial charge is 0.372 e. The van der Waals surface area contributed by atoms with Crippen LogP contribution in [0.5, 0.6) is 0 Å². The number of benzene rings is 2. The normalized spacial score (nSPS) is 11.1. The molecular formula is C22H31N3O. The molecule has 0 unspecified atom stereocenters. The van der Waals surface area contributed by atoms with Crippen LogP contribution in [0.1, 0.15) is 38.8 Å². The smallest absolute Gasteiger partial charge is 0.319 e. The molecule has 4 nitrogen and oxygen atoms in total. The minimum Gasteiger partial charge on any atom is -0.372 e. The minimum absolute atomic E-state index is 0.127. The average molecular weight is 354 g/mol. The topological polar surface area (TPSA) is 44.4 Å². The van der Waals surface area contributed by atoms with Gasteiger partial charge < -0.3 is 15.5 Å². The van der Waals surface area contributed by atoms with Crippen LogP contribution in [0.25, 0.3) is 0 Å². The Morgan fingerprint density at radius 2 is 1.54 bits per heavy atom. The maximum atomic E-state index is 12.2. The summed E-state index contributed by atoms with van der Waals surface area (Å²) in [5, 5.41) is 5.89. The highest BCUT2D eigenvalue weighted by atomic mass is 16.2. The molecule has 2 aromatic carbocycles. The molecule has 2 N–H and O–H groups in total. The molecule has 4 heteroatoms. The number of rotatable bonds is 7. The predicted octanol–water partition coefficient (Wildman–Crippen LogP) is 4.94. The van der Waals surface area contributed by atoms with Crippen molar-refractivity contribution in [3.8, 4) is 0 Å². The summed E-state index contributed by atoms with van der Waals surface area (Å²) < 4.78 is 0. The van der Waals surface area contributed by atoms with Crippen LogP contribution in [0.3, 0.4) is 0 Å². The van der Waals surface area contributed by atoms with Crippen molar-refractivity contribution in [2.24, 2.45) is 0 Å². The summed E-state index contributed by atoms with van der Waals surface area (Å²) in [7, 11) is 0. The Labute approximate surface area is 157 Å². The molecule has 0 aromatic heterocycles. The van der Waals surface area contributed by atoms with Gasteiger partial charge in [0.1, 0.15) is 0 Å². The van der Waals surface area contributed by atoms with Crippen LogP contribution in [0.2, 0.25) is 0 Å². The number of carbonyl (C=O) groups is 1. The second kappa shape index (κ2) is 8.75. The molecule has 0 bridgehead atoms. The van der Waals surface area contributed by atoms with E-state index in [1.54, 1.807) is 0 Å². The molecule has 0 heterocycles. The standard InChI is InChI=1S/C22H31N3O/c1-6-25(7-2)20-14-12-19(13-15-20)24-21(26)23-16-22(4,5)18-10-8-17(3)9-11-18/h8-15H,6-7,16H2,1-5H3,(H2,23,24,26). The Balaban J connectivity index is 1.91. The first kappa shape index (κ1) is 19.8. The summed E-state index contributed by atoms with van der Waals surface area (Å²) >= 11 is 0. The Hall–Kier alpha value is -2.49. The highest BCUT2D eigenvalue weighted by Crippen LogP contribution is 2.23. The quantitative estimate of drug-likeness (QED) is 0.740. The summed E-state index contributed by atoms with van der Waals surface area (Å²) in [5.74, 6) is 0. The van der Waals surface area contributed by atoms with E-state index < -0.39 is 0 Å². The minimum atomic E-state index is -0.180. The van der Waals surface area contributed by atoms with E-state index in [2.05, 4.69) is 74.4 Å². The monoisotopic (exact) mass is 353 g/mol. The van der Waals surface area contributed by atoms with Crippen LogP contribution in [0, 0.1) is 6.92 Å². The van der Waals surface area contributed by atoms with Crippen molar-refractivity contribution in [3.05, 3.63) is 59.7 Å². The van der Waals surface area contributed by atoms with Crippen LogP contribution in [-0.4, -0.2) is 25.7 Å². The van der Waals surface area contributed by atoms with Gasteiger partial charge in [0.15, 0.2) is 0 Å². The molecule has 0 spiro atoms. The number of nitrogens with zero attached hydrogens (tertiary/aromatic N) is 1. The molecule has 2 rings (SSSR count). The van der Waals surface area contributed by atoms with Crippen LogP contribution in [0.4, 0.5) is 16.2 Å². The zero-order valence-electron chi connectivity index (χ0n) is 16.6. The molecule has 26 heavy (non-hydrogen) atoms. The van der Waals surface area contributed by atoms with Gasteiger partial charge in [0.05, 0.1) is 0 Å². The molecule has 0 fully saturated rings. The number of hydrogen-bond acceptors (Lipinski definition) is 2. The van der Waals surface area contributed by atoms with Crippen molar-refractivity contribution in [1.29, 1.82) is 0 Å². The van der Waals surface area contributed by atoms with E-state index in [-0.39, 0.29) is 11.4 Å². The Bertz CT molecular complexity index is 701. The van der Waals surface area contributed by atoms with E-state index in [1.165, 1.54) is 16.8 Å². The molecule has 0 radical (unpaired) electrons. The van der Waals surface area contributed by atoms with Gasteiger partial charge in [-0.3, -0.25) is 0 Å². The number of carbonyl (C=O) groups excluding carboxylic acids is 1. The van der Waals surface area contributed by atoms with Crippen molar-refractivity contribution in [2.45, 2.75) is 40.0 Å². The fourth-order valence-corrected chi connectivity index (χ4v) is 2.93. The number of hydrogen-bond donors (Lipinski definition) is 2. The molecule has 2 aromatic rings. The Morgan fingerprint density at radius 3 is 2.08 bits per heavy atom. The zero-order valence-corrected chi connectivity index (χ0v) is 16.6. The van der Waals surface area contributed by atoms with E-state index in [9.17, 15) is 4.79 Å². The third-order valence-electron chi connectivity index (χ3n) is 4.78. The van der Waals surface area contributed by atoms with Gasteiger partial charge in [-0.25, -0.2) is 4.79 Å². The molecule has 0 aliphatic rings. The lowest BCUT2D eigenvalue weighted by atomic mass is 9.84. The lowest BCUT2D eigenvalue weighted by Crippen LogP contribution is -2.39. The second-order valence-electron chi connectivity index (χ2n) is 7.28. The molecule has 0 saturated heterocycles. The molecule has 2 amide bonds. The summed E-state index contributed by atoms with van der Waals surface area (Å²) in [6.07, 6.45) is 0. The zero-order chi connectivity index (χ0) is 19.2. The van der Waals surface area contributed by atoms with Crippen LogP contribution in [0.15, 0.2) is 48.5 Å². The van der Waals surface area contributed by atoms with Crippen molar-refractivity contribution >= 4 is 17.4 Å². The highest BCUT2D eigenvalue weighted by molar-refractivity contribution is 5.89. The van der Waals surface area contributed by atoms with E-state index in [4.69, 9.17) is 0 Å². The first-order chi connectivity index (χ1) is 12.4. The molecule has 0 aliphatic carbocycles. The first-order valence-corrected chi connectivity index (χ1v) is 9.32. The number of anilines is 2. The van der Waals surface area contributed by atoms with Gasteiger partial charge in [-0.15, -0.1) is 0 Å². The first-order valence-electron chi connectivity index (χ1n) is 9.32. The fourth-order valence-electron chi connectivity index (χ4n) is 2.93. The van der Waals surface area contributed by atoms with Gasteiger partial charge in [0.25, 0.3) is 0 Å². The van der Waals surface area contributed by atoms with Crippen LogP contribution in [-0.2, 0) is 5.41 Å². The molecule has 140 valence electrons. The summed E-state index contributed by atoms with van der Waals surface area (Å²) in [5.41, 5.74) is 4.29. The summed E-state index contributed by atoms with van der Waals surface area (Å²) in [6.45, 7) is 13.1. The fraction of sp³-hybridized carbons (Fsp3) is 0.409. The van der Waals surface area contributed by atoms with Crippen LogP contribution < -0.4 is 15.5 Å². The molecule has 0 atom stereocenters. The third-order valence-corrected chi connectivity index (χ3v) is 4.78. The number of amides is 2. The number of nitrogens with one attached hydrogen (secondary N) is 2. The lowest BCUT2D eigenvalue weighted by molar-refractivity contribution is 0.249. The maximum Gasteiger partial charge on any atom is 0.319 e. The van der Waals surface area contributed by atoms with Gasteiger partial charge in [0, 0.05) is 36.4 Å². The Morgan fingerprint density at radius 1 is 0.962 bits per heavy atom. The maximum absolute atomic E-state index is 12.2. The lowest BCUT2D eigenvalue weighted by Gasteiger charge is -2.26. The molecule has 0 saturated carbocycles. The van der Waals surface area contributed by atoms with Crippen molar-refractivity contribution in [2.75, 3.05) is 29.9 Å². The van der Waals surface area contributed by atoms with Crippen molar-refractivity contribution < 1.29 is 4.79 Å². The van der Waals surface area contributed by atoms with Crippen molar-refractivity contribution in [1.82, 2.24) is 5.32 Å². The van der Waals surface area contributed by atoms with Crippen LogP contribution >= 0.6 is 0 Å². The summed E-state index contributed by atoms with van der Waals surface area (Å²) in [6, 6.07) is 16.3. The van der Waals surface area contributed by atoms with E-state index in [1.807, 2.05) is 24.3 Å². The van der Waals surface area contributed by atoms with Gasteiger partial charge in [-0.2, -0.15) is 0 Å². The van der Waals surface area contributed by atoms with Crippen molar-refractivity contribution in [3.63, 3.8) is 0 Å². The average Bonchev–Trinajstić information content (AvgIpc) is 2.63. The van der Waals surface area contributed by atoms with E-state index in [0.29, 0.717) is 6.54 Å². The van der Waals surface area contributed by atoms with Gasteiger partial charge in [0.2, 0.25) is 0 Å². The van der Waals surface area contributed by atoms with Gasteiger partial charge in [-0.1, -0.05) is 43.7 Å².